The summed E-state index contributed by atoms with van der Waals surface area (Å²) in [6.45, 7) is 0.818. The molecule has 0 aromatic heterocycles. The van der Waals surface area contributed by atoms with Crippen molar-refractivity contribution < 1.29 is 13.6 Å². The maximum Gasteiger partial charge on any atom is 0.248 e. The quantitative estimate of drug-likeness (QED) is 0.710. The molecule has 2 nitrogen and oxygen atoms in total. The molecule has 2 aliphatic rings. The number of halogens is 3. The molecule has 1 atom stereocenters. The molecule has 0 N–H and O–H groups in total. The van der Waals surface area contributed by atoms with Crippen LogP contribution < -0.4 is 0 Å². The third-order valence-electron chi connectivity index (χ3n) is 4.40. The molecular weight excluding hydrogens is 316 g/mol. The molecule has 0 radical (unpaired) electrons. The van der Waals surface area contributed by atoms with Crippen molar-refractivity contribution in [1.82, 2.24) is 4.90 Å². The van der Waals surface area contributed by atoms with Crippen molar-refractivity contribution in [3.05, 3.63) is 0 Å². The fourth-order valence-corrected chi connectivity index (χ4v) is 3.58. The zero-order valence-electron chi connectivity index (χ0n) is 11.2. The largest absolute Gasteiger partial charge is 0.339 e. The van der Waals surface area contributed by atoms with E-state index in [1.165, 1.54) is 0 Å². The van der Waals surface area contributed by atoms with Gasteiger partial charge in [0.1, 0.15) is 0 Å². The van der Waals surface area contributed by atoms with E-state index in [1.807, 2.05) is 4.90 Å². The first-order chi connectivity index (χ1) is 9.03. The lowest BCUT2D eigenvalue weighted by atomic mass is 9.85. The minimum Gasteiger partial charge on any atom is -0.339 e. The molecule has 5 heteroatoms. The van der Waals surface area contributed by atoms with E-state index in [1.54, 1.807) is 0 Å². The summed E-state index contributed by atoms with van der Waals surface area (Å²) in [7, 11) is 0. The van der Waals surface area contributed by atoms with Crippen molar-refractivity contribution in [2.24, 2.45) is 5.92 Å². The summed E-state index contributed by atoms with van der Waals surface area (Å²) in [6, 6.07) is 0.340. The number of carbonyl (C=O) groups excluding carboxylic acids is 1. The van der Waals surface area contributed by atoms with E-state index in [4.69, 9.17) is 0 Å². The molecule has 2 rings (SSSR count). The van der Waals surface area contributed by atoms with Gasteiger partial charge in [-0.05, 0) is 38.5 Å². The highest BCUT2D eigenvalue weighted by Crippen LogP contribution is 2.38. The summed E-state index contributed by atoms with van der Waals surface area (Å²) in [5, 5.41) is 0.960. The summed E-state index contributed by atoms with van der Waals surface area (Å²) >= 11 is 3.42. The van der Waals surface area contributed by atoms with E-state index in [9.17, 15) is 13.6 Å². The van der Waals surface area contributed by atoms with Gasteiger partial charge >= 0.3 is 0 Å². The molecule has 1 saturated heterocycles. The molecule has 0 aromatic rings. The normalized spacial score (nSPS) is 27.7. The minimum atomic E-state index is -2.54. The third kappa shape index (κ3) is 3.89. The zero-order chi connectivity index (χ0) is 13.9. The first kappa shape index (κ1) is 15.2. The molecule has 1 aliphatic heterocycles. The third-order valence-corrected chi connectivity index (χ3v) is 4.96. The Hall–Kier alpha value is -0.190. The number of carbonyl (C=O) groups is 1. The van der Waals surface area contributed by atoms with E-state index >= 15 is 0 Å². The van der Waals surface area contributed by atoms with Gasteiger partial charge < -0.3 is 4.90 Å². The Morgan fingerprint density at radius 1 is 1.26 bits per heavy atom. The monoisotopic (exact) mass is 337 g/mol. The topological polar surface area (TPSA) is 20.3 Å². The average molecular weight is 338 g/mol. The summed E-state index contributed by atoms with van der Waals surface area (Å²) in [5.41, 5.74) is 0. The summed E-state index contributed by atoms with van der Waals surface area (Å²) in [5.74, 6) is -2.58. The van der Waals surface area contributed by atoms with Crippen LogP contribution in [0.1, 0.15) is 51.4 Å². The molecule has 1 amide bonds. The van der Waals surface area contributed by atoms with Crippen LogP contribution in [0.2, 0.25) is 0 Å². The van der Waals surface area contributed by atoms with E-state index in [0.29, 0.717) is 18.9 Å². The Kier molecular flexibility index (Phi) is 5.21. The van der Waals surface area contributed by atoms with Gasteiger partial charge in [0.05, 0.1) is 0 Å². The van der Waals surface area contributed by atoms with Gasteiger partial charge in [-0.1, -0.05) is 15.9 Å². The second kappa shape index (κ2) is 6.51. The van der Waals surface area contributed by atoms with Crippen LogP contribution in [-0.2, 0) is 4.79 Å². The van der Waals surface area contributed by atoms with Crippen molar-refractivity contribution in [2.75, 3.05) is 11.9 Å². The van der Waals surface area contributed by atoms with Gasteiger partial charge in [-0.15, -0.1) is 0 Å². The van der Waals surface area contributed by atoms with Gasteiger partial charge in [-0.2, -0.15) is 0 Å². The van der Waals surface area contributed by atoms with E-state index in [-0.39, 0.29) is 24.7 Å². The molecule has 1 aliphatic carbocycles. The second-order valence-corrected chi connectivity index (χ2v) is 6.58. The van der Waals surface area contributed by atoms with Crippen molar-refractivity contribution >= 4 is 21.8 Å². The Balaban J connectivity index is 1.88. The SMILES string of the molecule is O=C(C1CCC(F)(F)CC1)N1CCCC1CCCBr. The summed E-state index contributed by atoms with van der Waals surface area (Å²) in [4.78, 5) is 14.4. The van der Waals surface area contributed by atoms with Crippen LogP contribution >= 0.6 is 15.9 Å². The molecule has 0 spiro atoms. The van der Waals surface area contributed by atoms with Crippen LogP contribution in [0.25, 0.3) is 0 Å². The predicted molar refractivity (Wildman–Crippen MR) is 74.7 cm³/mol. The number of nitrogens with zero attached hydrogens (tertiary/aromatic N) is 1. The van der Waals surface area contributed by atoms with E-state index < -0.39 is 5.92 Å². The standard InChI is InChI=1S/C14H22BrF2NO/c15-9-1-3-12-4-2-10-18(12)13(19)11-5-7-14(16,17)8-6-11/h11-12H,1-10H2. The van der Waals surface area contributed by atoms with Gasteiger partial charge in [-0.25, -0.2) is 8.78 Å². The van der Waals surface area contributed by atoms with Crippen LogP contribution in [0.4, 0.5) is 8.78 Å². The lowest BCUT2D eigenvalue weighted by Gasteiger charge is -2.33. The number of hydrogen-bond donors (Lipinski definition) is 0. The van der Waals surface area contributed by atoms with Crippen molar-refractivity contribution in [3.63, 3.8) is 0 Å². The molecule has 0 aromatic carbocycles. The zero-order valence-corrected chi connectivity index (χ0v) is 12.8. The Morgan fingerprint density at radius 3 is 2.58 bits per heavy atom. The molecule has 2 fully saturated rings. The van der Waals surface area contributed by atoms with Crippen molar-refractivity contribution in [1.29, 1.82) is 0 Å². The van der Waals surface area contributed by atoms with Gasteiger partial charge in [0.2, 0.25) is 11.8 Å². The second-order valence-electron chi connectivity index (χ2n) is 5.79. The van der Waals surface area contributed by atoms with Gasteiger partial charge in [0.25, 0.3) is 0 Å². The fraction of sp³-hybridized carbons (Fsp3) is 0.929. The van der Waals surface area contributed by atoms with E-state index in [0.717, 1.165) is 37.6 Å². The van der Waals surface area contributed by atoms with Crippen LogP contribution in [0, 0.1) is 5.92 Å². The number of hydrogen-bond acceptors (Lipinski definition) is 1. The van der Waals surface area contributed by atoms with Crippen LogP contribution in [0.5, 0.6) is 0 Å². The van der Waals surface area contributed by atoms with Crippen LogP contribution in [0.15, 0.2) is 0 Å². The predicted octanol–water partition coefficient (Wildman–Crippen LogP) is 3.98. The average Bonchev–Trinajstić information content (AvgIpc) is 2.83. The molecule has 19 heavy (non-hydrogen) atoms. The molecule has 1 heterocycles. The minimum absolute atomic E-state index is 0.122. The first-order valence-corrected chi connectivity index (χ1v) is 8.40. The maximum absolute atomic E-state index is 13.1. The number of alkyl halides is 3. The fourth-order valence-electron chi connectivity index (χ4n) is 3.26. The van der Waals surface area contributed by atoms with Crippen molar-refractivity contribution in [3.8, 4) is 0 Å². The van der Waals surface area contributed by atoms with Crippen LogP contribution in [0.3, 0.4) is 0 Å². The molecular formula is C14H22BrF2NO. The number of amides is 1. The highest BCUT2D eigenvalue weighted by molar-refractivity contribution is 9.09. The summed E-state index contributed by atoms with van der Waals surface area (Å²) in [6.07, 6.45) is 4.69. The highest BCUT2D eigenvalue weighted by Gasteiger charge is 2.40. The lowest BCUT2D eigenvalue weighted by Crippen LogP contribution is -2.42. The Bertz CT molecular complexity index is 315. The van der Waals surface area contributed by atoms with Gasteiger partial charge in [0.15, 0.2) is 0 Å². The van der Waals surface area contributed by atoms with Crippen LogP contribution in [-0.4, -0.2) is 34.6 Å². The molecule has 0 bridgehead atoms. The Morgan fingerprint density at radius 2 is 1.95 bits per heavy atom. The van der Waals surface area contributed by atoms with E-state index in [2.05, 4.69) is 15.9 Å². The van der Waals surface area contributed by atoms with Gasteiger partial charge in [-0.3, -0.25) is 4.79 Å². The van der Waals surface area contributed by atoms with Gasteiger partial charge in [0, 0.05) is 36.7 Å². The smallest absolute Gasteiger partial charge is 0.248 e. The first-order valence-electron chi connectivity index (χ1n) is 7.28. The Labute approximate surface area is 122 Å². The number of rotatable bonds is 4. The number of likely N-dealkylation sites (tertiary alicyclic amines) is 1. The molecule has 1 saturated carbocycles. The molecule has 1 unspecified atom stereocenters. The van der Waals surface area contributed by atoms with Crippen molar-refractivity contribution in [2.45, 2.75) is 63.3 Å². The lowest BCUT2D eigenvalue weighted by molar-refractivity contribution is -0.140. The molecule has 110 valence electrons. The maximum atomic E-state index is 13.1. The summed E-state index contributed by atoms with van der Waals surface area (Å²) < 4.78 is 26.3. The highest BCUT2D eigenvalue weighted by atomic mass is 79.9.